The summed E-state index contributed by atoms with van der Waals surface area (Å²) in [6.07, 6.45) is 3.34. The van der Waals surface area contributed by atoms with Crippen molar-refractivity contribution in [3.8, 4) is 0 Å². The van der Waals surface area contributed by atoms with Crippen LogP contribution in [0.1, 0.15) is 5.69 Å². The molecule has 3 nitrogen and oxygen atoms in total. The summed E-state index contributed by atoms with van der Waals surface area (Å²) in [5.74, 6) is -0.410. The molecular formula is C9H7ClFN3S. The zero-order valence-corrected chi connectivity index (χ0v) is 9.15. The van der Waals surface area contributed by atoms with Gasteiger partial charge in [-0.3, -0.25) is 0 Å². The minimum atomic E-state index is -0.410. The number of hydrogen-bond acceptors (Lipinski definition) is 2. The Bertz CT molecular complexity index is 537. The Labute approximate surface area is 95.7 Å². The van der Waals surface area contributed by atoms with E-state index in [1.807, 2.05) is 0 Å². The summed E-state index contributed by atoms with van der Waals surface area (Å²) in [6.45, 7) is 0. The van der Waals surface area contributed by atoms with Crippen molar-refractivity contribution in [2.45, 2.75) is 6.42 Å². The number of nitrogens with zero attached hydrogens (tertiary/aromatic N) is 2. The van der Waals surface area contributed by atoms with Gasteiger partial charge in [-0.05, 0) is 6.07 Å². The number of hydrogen-bond donors (Lipinski definition) is 1. The lowest BCUT2D eigenvalue weighted by Crippen LogP contribution is -2.11. The monoisotopic (exact) mass is 243 g/mol. The molecule has 0 aliphatic carbocycles. The average Bonchev–Trinajstić information content (AvgIpc) is 2.45. The molecule has 0 radical (unpaired) electrons. The smallest absolute Gasteiger partial charge is 0.156 e. The van der Waals surface area contributed by atoms with Crippen LogP contribution in [0.15, 0.2) is 18.5 Å². The van der Waals surface area contributed by atoms with Crippen LogP contribution in [0.4, 0.5) is 4.39 Å². The third kappa shape index (κ3) is 2.08. The van der Waals surface area contributed by atoms with Crippen molar-refractivity contribution in [2.75, 3.05) is 0 Å². The highest BCUT2D eigenvalue weighted by atomic mass is 35.5. The summed E-state index contributed by atoms with van der Waals surface area (Å²) in [7, 11) is 0. The SMILES string of the molecule is NC(=S)Cc1cn2cc(F)cc(Cl)c2n1. The molecule has 0 bridgehead atoms. The predicted molar refractivity (Wildman–Crippen MR) is 60.6 cm³/mol. The van der Waals surface area contributed by atoms with Gasteiger partial charge in [0.05, 0.1) is 15.7 Å². The molecule has 0 saturated heterocycles. The predicted octanol–water partition coefficient (Wildman–Crippen LogP) is 1.96. The Morgan fingerprint density at radius 3 is 3.00 bits per heavy atom. The highest BCUT2D eigenvalue weighted by molar-refractivity contribution is 7.80. The van der Waals surface area contributed by atoms with Crippen LogP contribution in [0.2, 0.25) is 5.02 Å². The molecule has 2 rings (SSSR count). The van der Waals surface area contributed by atoms with Crippen molar-refractivity contribution in [1.29, 1.82) is 0 Å². The summed E-state index contributed by atoms with van der Waals surface area (Å²) in [4.78, 5) is 4.53. The Kier molecular flexibility index (Phi) is 2.58. The molecule has 6 heteroatoms. The van der Waals surface area contributed by atoms with Crippen LogP contribution < -0.4 is 5.73 Å². The highest BCUT2D eigenvalue weighted by Crippen LogP contribution is 2.18. The van der Waals surface area contributed by atoms with E-state index in [1.54, 1.807) is 6.20 Å². The Morgan fingerprint density at radius 2 is 2.33 bits per heavy atom. The topological polar surface area (TPSA) is 43.3 Å². The number of nitrogens with two attached hydrogens (primary N) is 1. The van der Waals surface area contributed by atoms with Gasteiger partial charge >= 0.3 is 0 Å². The number of pyridine rings is 1. The van der Waals surface area contributed by atoms with E-state index in [4.69, 9.17) is 29.6 Å². The van der Waals surface area contributed by atoms with Gasteiger partial charge in [0.15, 0.2) is 5.65 Å². The number of halogens is 2. The van der Waals surface area contributed by atoms with Crippen molar-refractivity contribution in [1.82, 2.24) is 9.38 Å². The molecule has 0 unspecified atom stereocenters. The molecule has 0 aromatic carbocycles. The summed E-state index contributed by atoms with van der Waals surface area (Å²) in [6, 6.07) is 1.22. The lowest BCUT2D eigenvalue weighted by Gasteiger charge is -1.94. The lowest BCUT2D eigenvalue weighted by molar-refractivity contribution is 0.619. The van der Waals surface area contributed by atoms with Crippen molar-refractivity contribution in [3.63, 3.8) is 0 Å². The van der Waals surface area contributed by atoms with Crippen LogP contribution in [0.25, 0.3) is 5.65 Å². The van der Waals surface area contributed by atoms with Crippen LogP contribution in [0.5, 0.6) is 0 Å². The largest absolute Gasteiger partial charge is 0.393 e. The minimum absolute atomic E-state index is 0.268. The van der Waals surface area contributed by atoms with Crippen LogP contribution >= 0.6 is 23.8 Å². The first kappa shape index (κ1) is 10.3. The van der Waals surface area contributed by atoms with E-state index in [2.05, 4.69) is 4.98 Å². The van der Waals surface area contributed by atoms with Crippen molar-refractivity contribution in [2.24, 2.45) is 5.73 Å². The summed E-state index contributed by atoms with van der Waals surface area (Å²) >= 11 is 10.6. The van der Waals surface area contributed by atoms with Crippen LogP contribution in [-0.4, -0.2) is 14.4 Å². The Hall–Kier alpha value is -1.20. The quantitative estimate of drug-likeness (QED) is 0.820. The second-order valence-electron chi connectivity index (χ2n) is 3.11. The average molecular weight is 244 g/mol. The molecule has 0 saturated carbocycles. The first-order valence-corrected chi connectivity index (χ1v) is 4.96. The fourth-order valence-electron chi connectivity index (χ4n) is 1.34. The lowest BCUT2D eigenvalue weighted by atomic mass is 10.3. The fourth-order valence-corrected chi connectivity index (χ4v) is 1.73. The molecule has 2 aromatic rings. The number of aromatic nitrogens is 2. The van der Waals surface area contributed by atoms with E-state index >= 15 is 0 Å². The molecule has 0 aliphatic rings. The molecule has 2 N–H and O–H groups in total. The van der Waals surface area contributed by atoms with E-state index in [-0.39, 0.29) is 5.02 Å². The van der Waals surface area contributed by atoms with Gasteiger partial charge in [-0.15, -0.1) is 0 Å². The second kappa shape index (κ2) is 3.75. The van der Waals surface area contributed by atoms with E-state index in [9.17, 15) is 4.39 Å². The number of imidazole rings is 1. The van der Waals surface area contributed by atoms with Gasteiger partial charge < -0.3 is 10.1 Å². The van der Waals surface area contributed by atoms with Crippen LogP contribution in [0.3, 0.4) is 0 Å². The third-order valence-electron chi connectivity index (χ3n) is 1.88. The van der Waals surface area contributed by atoms with Crippen LogP contribution in [-0.2, 0) is 6.42 Å². The fraction of sp³-hybridized carbons (Fsp3) is 0.111. The van der Waals surface area contributed by atoms with Gasteiger partial charge in [-0.25, -0.2) is 9.37 Å². The minimum Gasteiger partial charge on any atom is -0.393 e. The number of thiocarbonyl (C=S) groups is 1. The van der Waals surface area contributed by atoms with Gasteiger partial charge in [0.2, 0.25) is 0 Å². The molecule has 78 valence electrons. The molecule has 2 heterocycles. The molecule has 0 atom stereocenters. The molecule has 0 fully saturated rings. The van der Waals surface area contributed by atoms with E-state index in [1.165, 1.54) is 16.7 Å². The summed E-state index contributed by atoms with van der Waals surface area (Å²) < 4.78 is 14.5. The molecule has 0 spiro atoms. The summed E-state index contributed by atoms with van der Waals surface area (Å²) in [5.41, 5.74) is 6.57. The first-order chi connectivity index (χ1) is 7.06. The molecule has 0 aliphatic heterocycles. The van der Waals surface area contributed by atoms with Gasteiger partial charge in [0.25, 0.3) is 0 Å². The standard InChI is InChI=1S/C9H7ClFN3S/c10-7-1-5(11)3-14-4-6(2-8(12)15)13-9(7)14/h1,3-4H,2H2,(H2,12,15). The number of rotatable bonds is 2. The first-order valence-electron chi connectivity index (χ1n) is 4.17. The Balaban J connectivity index is 2.55. The molecular weight excluding hydrogens is 237 g/mol. The maximum Gasteiger partial charge on any atom is 0.156 e. The van der Waals surface area contributed by atoms with E-state index in [0.29, 0.717) is 22.8 Å². The third-order valence-corrected chi connectivity index (χ3v) is 2.30. The normalized spacial score (nSPS) is 10.8. The molecule has 0 amide bonds. The highest BCUT2D eigenvalue weighted by Gasteiger charge is 2.07. The van der Waals surface area contributed by atoms with Gasteiger partial charge in [0, 0.05) is 18.8 Å². The zero-order chi connectivity index (χ0) is 11.0. The maximum absolute atomic E-state index is 13.0. The zero-order valence-electron chi connectivity index (χ0n) is 7.58. The molecule has 2 aromatic heterocycles. The maximum atomic E-state index is 13.0. The molecule has 15 heavy (non-hydrogen) atoms. The van der Waals surface area contributed by atoms with E-state index in [0.717, 1.165) is 0 Å². The van der Waals surface area contributed by atoms with Crippen molar-refractivity contribution in [3.05, 3.63) is 35.0 Å². The van der Waals surface area contributed by atoms with E-state index < -0.39 is 5.82 Å². The second-order valence-corrected chi connectivity index (χ2v) is 4.04. The van der Waals surface area contributed by atoms with Crippen LogP contribution in [0, 0.1) is 5.82 Å². The van der Waals surface area contributed by atoms with Gasteiger partial charge in [0.1, 0.15) is 5.82 Å². The summed E-state index contributed by atoms with van der Waals surface area (Å²) in [5, 5.41) is 0.268. The Morgan fingerprint density at radius 1 is 1.60 bits per heavy atom. The van der Waals surface area contributed by atoms with Crippen molar-refractivity contribution >= 4 is 34.5 Å². The number of fused-ring (bicyclic) bond motifs is 1. The van der Waals surface area contributed by atoms with Gasteiger partial charge in [-0.1, -0.05) is 23.8 Å². The van der Waals surface area contributed by atoms with Gasteiger partial charge in [-0.2, -0.15) is 0 Å². The van der Waals surface area contributed by atoms with Crippen molar-refractivity contribution < 1.29 is 4.39 Å².